The Balaban J connectivity index is 1.30. The summed E-state index contributed by atoms with van der Waals surface area (Å²) in [6, 6.07) is 5.55. The smallest absolute Gasteiger partial charge is 0.224 e. The zero-order valence-electron chi connectivity index (χ0n) is 16.4. The molecule has 0 radical (unpaired) electrons. The average molecular weight is 440 g/mol. The van der Waals surface area contributed by atoms with Crippen LogP contribution in [0.25, 0.3) is 11.1 Å². The second-order valence-corrected chi connectivity index (χ2v) is 10.7. The van der Waals surface area contributed by atoms with E-state index in [-0.39, 0.29) is 29.5 Å². The Morgan fingerprint density at radius 2 is 2.03 bits per heavy atom. The van der Waals surface area contributed by atoms with Gasteiger partial charge in [0.15, 0.2) is 11.5 Å². The molecule has 1 atom stereocenters. The van der Waals surface area contributed by atoms with Crippen molar-refractivity contribution >= 4 is 38.6 Å². The molecule has 2 aliphatic rings. The lowest BCUT2D eigenvalue weighted by atomic mass is 9.85. The van der Waals surface area contributed by atoms with Crippen LogP contribution in [-0.4, -0.2) is 48.5 Å². The van der Waals surface area contributed by atoms with Crippen molar-refractivity contribution in [3.8, 4) is 0 Å². The third-order valence-corrected chi connectivity index (χ3v) is 8.15. The van der Waals surface area contributed by atoms with E-state index in [4.69, 9.17) is 16.0 Å². The van der Waals surface area contributed by atoms with Crippen LogP contribution in [0.5, 0.6) is 0 Å². The predicted octanol–water partition coefficient (Wildman–Crippen LogP) is 3.30. The molecule has 29 heavy (non-hydrogen) atoms. The summed E-state index contributed by atoms with van der Waals surface area (Å²) in [5.74, 6) is 0.775. The SMILES string of the molecule is CCS(=O)(=O)N1CCC(C(=O)NC2CCC(c3nc4cc(Cl)ccc4o3)CC2)C1. The summed E-state index contributed by atoms with van der Waals surface area (Å²) in [6.45, 7) is 2.36. The Morgan fingerprint density at radius 1 is 1.28 bits per heavy atom. The molecule has 1 aromatic carbocycles. The van der Waals surface area contributed by atoms with Crippen LogP contribution < -0.4 is 5.32 Å². The summed E-state index contributed by atoms with van der Waals surface area (Å²) in [5.41, 5.74) is 1.52. The number of rotatable bonds is 5. The number of halogens is 1. The molecule has 1 saturated carbocycles. The van der Waals surface area contributed by atoms with Gasteiger partial charge >= 0.3 is 0 Å². The van der Waals surface area contributed by atoms with Gasteiger partial charge in [0.2, 0.25) is 15.9 Å². The summed E-state index contributed by atoms with van der Waals surface area (Å²) < 4.78 is 31.3. The number of sulfonamides is 1. The number of carbonyl (C=O) groups is 1. The van der Waals surface area contributed by atoms with Crippen LogP contribution in [-0.2, 0) is 14.8 Å². The minimum absolute atomic E-state index is 0.0289. The van der Waals surface area contributed by atoms with Crippen LogP contribution in [0.4, 0.5) is 0 Å². The van der Waals surface area contributed by atoms with Gasteiger partial charge in [0.1, 0.15) is 5.52 Å². The molecule has 7 nitrogen and oxygen atoms in total. The highest BCUT2D eigenvalue weighted by Gasteiger charge is 2.35. The van der Waals surface area contributed by atoms with E-state index in [0.717, 1.165) is 42.7 Å². The lowest BCUT2D eigenvalue weighted by molar-refractivity contribution is -0.125. The van der Waals surface area contributed by atoms with E-state index in [2.05, 4.69) is 10.3 Å². The summed E-state index contributed by atoms with van der Waals surface area (Å²) in [6.07, 6.45) is 4.10. The first kappa shape index (κ1) is 20.6. The zero-order chi connectivity index (χ0) is 20.6. The highest BCUT2D eigenvalue weighted by molar-refractivity contribution is 7.89. The molecule has 9 heteroatoms. The average Bonchev–Trinajstić information content (AvgIpc) is 3.36. The predicted molar refractivity (Wildman–Crippen MR) is 111 cm³/mol. The first-order chi connectivity index (χ1) is 13.9. The molecule has 1 aromatic heterocycles. The summed E-state index contributed by atoms with van der Waals surface area (Å²) >= 11 is 6.02. The molecular formula is C20H26ClN3O4S. The number of fused-ring (bicyclic) bond motifs is 1. The van der Waals surface area contributed by atoms with E-state index in [0.29, 0.717) is 24.5 Å². The topological polar surface area (TPSA) is 92.5 Å². The summed E-state index contributed by atoms with van der Waals surface area (Å²) in [4.78, 5) is 17.2. The highest BCUT2D eigenvalue weighted by Crippen LogP contribution is 2.34. The molecule has 1 saturated heterocycles. The number of benzene rings is 1. The lowest BCUT2D eigenvalue weighted by Crippen LogP contribution is -2.42. The number of hydrogen-bond acceptors (Lipinski definition) is 5. The van der Waals surface area contributed by atoms with Gasteiger partial charge in [-0.15, -0.1) is 0 Å². The zero-order valence-corrected chi connectivity index (χ0v) is 18.0. The maximum Gasteiger partial charge on any atom is 0.224 e. The molecule has 1 aliphatic carbocycles. The first-order valence-corrected chi connectivity index (χ1v) is 12.2. The Hall–Kier alpha value is -1.64. The molecule has 4 rings (SSSR count). The second kappa shape index (κ2) is 8.24. The highest BCUT2D eigenvalue weighted by atomic mass is 35.5. The fourth-order valence-electron chi connectivity index (χ4n) is 4.27. The Labute approximate surface area is 175 Å². The van der Waals surface area contributed by atoms with E-state index in [1.807, 2.05) is 6.07 Å². The number of hydrogen-bond donors (Lipinski definition) is 1. The van der Waals surface area contributed by atoms with E-state index >= 15 is 0 Å². The van der Waals surface area contributed by atoms with Crippen molar-refractivity contribution in [2.24, 2.45) is 5.92 Å². The first-order valence-electron chi connectivity index (χ1n) is 10.2. The maximum absolute atomic E-state index is 12.6. The number of oxazole rings is 1. The van der Waals surface area contributed by atoms with Crippen LogP contribution in [0.2, 0.25) is 5.02 Å². The maximum atomic E-state index is 12.6. The fourth-order valence-corrected chi connectivity index (χ4v) is 5.60. The van der Waals surface area contributed by atoms with Crippen molar-refractivity contribution in [1.82, 2.24) is 14.6 Å². The molecule has 2 heterocycles. The molecule has 0 bridgehead atoms. The van der Waals surface area contributed by atoms with Gasteiger partial charge < -0.3 is 9.73 Å². The third-order valence-electron chi connectivity index (χ3n) is 6.07. The minimum atomic E-state index is -3.22. The Bertz CT molecular complexity index is 998. The van der Waals surface area contributed by atoms with Gasteiger partial charge in [0.05, 0.1) is 11.7 Å². The Kier molecular flexibility index (Phi) is 5.86. The quantitative estimate of drug-likeness (QED) is 0.771. The van der Waals surface area contributed by atoms with Gasteiger partial charge in [0.25, 0.3) is 0 Å². The number of carbonyl (C=O) groups excluding carboxylic acids is 1. The summed E-state index contributed by atoms with van der Waals surface area (Å²) in [5, 5.41) is 3.77. The van der Waals surface area contributed by atoms with E-state index < -0.39 is 10.0 Å². The number of nitrogens with zero attached hydrogens (tertiary/aromatic N) is 2. The molecule has 1 aliphatic heterocycles. The lowest BCUT2D eigenvalue weighted by Gasteiger charge is -2.28. The fraction of sp³-hybridized carbons (Fsp3) is 0.600. The van der Waals surface area contributed by atoms with Crippen molar-refractivity contribution in [2.75, 3.05) is 18.8 Å². The van der Waals surface area contributed by atoms with Gasteiger partial charge in [-0.05, 0) is 57.2 Å². The minimum Gasteiger partial charge on any atom is -0.440 e. The second-order valence-electron chi connectivity index (χ2n) is 7.97. The molecular weight excluding hydrogens is 414 g/mol. The monoisotopic (exact) mass is 439 g/mol. The molecule has 158 valence electrons. The van der Waals surface area contributed by atoms with Crippen molar-refractivity contribution in [3.63, 3.8) is 0 Å². The number of nitrogens with one attached hydrogen (secondary N) is 1. The van der Waals surface area contributed by atoms with Gasteiger partial charge in [0, 0.05) is 30.1 Å². The standard InChI is InChI=1S/C20H26ClN3O4S/c1-2-29(26,27)24-10-9-14(12-24)19(25)22-16-6-3-13(4-7-16)20-23-17-11-15(21)5-8-18(17)28-20/h5,8,11,13-14,16H,2-4,6-7,9-10,12H2,1H3,(H,22,25). The molecule has 1 unspecified atom stereocenters. The molecule has 2 aromatic rings. The molecule has 2 fully saturated rings. The van der Waals surface area contributed by atoms with Crippen molar-refractivity contribution in [3.05, 3.63) is 29.1 Å². The van der Waals surface area contributed by atoms with E-state index in [9.17, 15) is 13.2 Å². The van der Waals surface area contributed by atoms with Crippen molar-refractivity contribution in [1.29, 1.82) is 0 Å². The third kappa shape index (κ3) is 4.44. The van der Waals surface area contributed by atoms with Gasteiger partial charge in [-0.1, -0.05) is 11.6 Å². The van der Waals surface area contributed by atoms with Crippen LogP contribution in [0.3, 0.4) is 0 Å². The summed E-state index contributed by atoms with van der Waals surface area (Å²) in [7, 11) is -3.22. The van der Waals surface area contributed by atoms with Crippen LogP contribution in [0.15, 0.2) is 22.6 Å². The van der Waals surface area contributed by atoms with Gasteiger partial charge in [-0.3, -0.25) is 4.79 Å². The van der Waals surface area contributed by atoms with E-state index in [1.165, 1.54) is 4.31 Å². The van der Waals surface area contributed by atoms with Gasteiger partial charge in [-0.2, -0.15) is 0 Å². The van der Waals surface area contributed by atoms with Gasteiger partial charge in [-0.25, -0.2) is 17.7 Å². The van der Waals surface area contributed by atoms with Crippen LogP contribution in [0, 0.1) is 5.92 Å². The normalized spacial score (nSPS) is 26.1. The van der Waals surface area contributed by atoms with E-state index in [1.54, 1.807) is 19.1 Å². The van der Waals surface area contributed by atoms with Crippen LogP contribution >= 0.6 is 11.6 Å². The molecule has 1 amide bonds. The number of aromatic nitrogens is 1. The molecule has 1 N–H and O–H groups in total. The van der Waals surface area contributed by atoms with Crippen molar-refractivity contribution < 1.29 is 17.6 Å². The van der Waals surface area contributed by atoms with Crippen molar-refractivity contribution in [2.45, 2.75) is 51.0 Å². The molecule has 0 spiro atoms. The largest absolute Gasteiger partial charge is 0.440 e. The number of amides is 1. The van der Waals surface area contributed by atoms with Crippen LogP contribution in [0.1, 0.15) is 50.8 Å². The Morgan fingerprint density at radius 3 is 2.76 bits per heavy atom.